The number of rotatable bonds is 3. The minimum atomic E-state index is -0.644. The predicted octanol–water partition coefficient (Wildman–Crippen LogP) is 3.12. The zero-order valence-electron chi connectivity index (χ0n) is 10.9. The molecule has 3 aromatic rings. The van der Waals surface area contributed by atoms with Gasteiger partial charge in [-0.1, -0.05) is 48.5 Å². The van der Waals surface area contributed by atoms with Gasteiger partial charge in [-0.2, -0.15) is 0 Å². The summed E-state index contributed by atoms with van der Waals surface area (Å²) in [5.41, 5.74) is 7.56. The maximum absolute atomic E-state index is 12.6. The van der Waals surface area contributed by atoms with Crippen molar-refractivity contribution in [1.29, 1.82) is 0 Å². The molecule has 1 aromatic heterocycles. The van der Waals surface area contributed by atoms with Crippen molar-refractivity contribution < 1.29 is 4.79 Å². The lowest BCUT2D eigenvalue weighted by molar-refractivity contribution is 0.0963. The number of aromatic nitrogens is 1. The van der Waals surface area contributed by atoms with E-state index < -0.39 is 6.04 Å². The van der Waals surface area contributed by atoms with Crippen molar-refractivity contribution in [2.24, 2.45) is 5.73 Å². The van der Waals surface area contributed by atoms with Crippen LogP contribution in [0.15, 0.2) is 67.0 Å². The fraction of sp³-hybridized carbons (Fsp3) is 0.0588. The van der Waals surface area contributed by atoms with E-state index in [1.165, 1.54) is 0 Å². The highest BCUT2D eigenvalue weighted by Crippen LogP contribution is 2.22. The van der Waals surface area contributed by atoms with Gasteiger partial charge in [0, 0.05) is 23.3 Å². The minimum Gasteiger partial charge on any atom is -0.318 e. The van der Waals surface area contributed by atoms with Crippen molar-refractivity contribution in [1.82, 2.24) is 4.98 Å². The van der Waals surface area contributed by atoms with Gasteiger partial charge in [0.1, 0.15) is 0 Å². The van der Waals surface area contributed by atoms with E-state index in [0.717, 1.165) is 16.3 Å². The molecule has 3 heteroatoms. The first-order chi connectivity index (χ1) is 9.77. The molecule has 2 N–H and O–H groups in total. The second kappa shape index (κ2) is 5.23. The Bertz CT molecular complexity index is 748. The third-order valence-corrected chi connectivity index (χ3v) is 3.39. The van der Waals surface area contributed by atoms with E-state index in [-0.39, 0.29) is 5.78 Å². The van der Waals surface area contributed by atoms with E-state index in [2.05, 4.69) is 4.98 Å². The molecule has 3 rings (SSSR count). The summed E-state index contributed by atoms with van der Waals surface area (Å²) < 4.78 is 0. The van der Waals surface area contributed by atoms with E-state index in [4.69, 9.17) is 5.73 Å². The first kappa shape index (κ1) is 12.5. The molecule has 2 aromatic carbocycles. The summed E-state index contributed by atoms with van der Waals surface area (Å²) in [4.78, 5) is 16.7. The first-order valence-electron chi connectivity index (χ1n) is 6.45. The second-order valence-corrected chi connectivity index (χ2v) is 4.65. The van der Waals surface area contributed by atoms with E-state index in [1.807, 2.05) is 54.6 Å². The molecule has 1 atom stereocenters. The second-order valence-electron chi connectivity index (χ2n) is 4.65. The number of carbonyl (C=O) groups is 1. The van der Waals surface area contributed by atoms with Gasteiger partial charge in [-0.05, 0) is 17.0 Å². The Hall–Kier alpha value is -2.52. The van der Waals surface area contributed by atoms with Crippen LogP contribution in [0, 0.1) is 0 Å². The molecule has 0 aliphatic rings. The normalized spacial score (nSPS) is 12.2. The molecule has 0 saturated heterocycles. The summed E-state index contributed by atoms with van der Waals surface area (Å²) in [6.07, 6.45) is 3.44. The van der Waals surface area contributed by atoms with Crippen LogP contribution in [0.5, 0.6) is 0 Å². The van der Waals surface area contributed by atoms with Gasteiger partial charge in [0.15, 0.2) is 5.78 Å². The first-order valence-corrected chi connectivity index (χ1v) is 6.45. The molecular weight excluding hydrogens is 248 g/mol. The zero-order chi connectivity index (χ0) is 13.9. The number of Topliss-reactive ketones (excluding diaryl/α,β-unsaturated/α-hetero) is 1. The zero-order valence-corrected chi connectivity index (χ0v) is 10.9. The summed E-state index contributed by atoms with van der Waals surface area (Å²) in [6.45, 7) is 0. The molecular formula is C17H14N2O. The predicted molar refractivity (Wildman–Crippen MR) is 79.4 cm³/mol. The fourth-order valence-electron chi connectivity index (χ4n) is 2.32. The average Bonchev–Trinajstić information content (AvgIpc) is 2.54. The van der Waals surface area contributed by atoms with Crippen LogP contribution in [0.1, 0.15) is 22.0 Å². The van der Waals surface area contributed by atoms with Crippen LogP contribution in [-0.4, -0.2) is 10.8 Å². The van der Waals surface area contributed by atoms with Crippen molar-refractivity contribution >= 4 is 16.6 Å². The van der Waals surface area contributed by atoms with Gasteiger partial charge in [0.05, 0.1) is 6.04 Å². The Kier molecular flexibility index (Phi) is 3.27. The van der Waals surface area contributed by atoms with Crippen molar-refractivity contribution in [2.45, 2.75) is 6.04 Å². The van der Waals surface area contributed by atoms with Crippen molar-refractivity contribution in [3.63, 3.8) is 0 Å². The molecule has 1 heterocycles. The molecule has 0 aliphatic heterocycles. The number of fused-ring (bicyclic) bond motifs is 1. The minimum absolute atomic E-state index is 0.0759. The van der Waals surface area contributed by atoms with Crippen molar-refractivity contribution in [3.8, 4) is 0 Å². The highest BCUT2D eigenvalue weighted by atomic mass is 16.1. The Labute approximate surface area is 117 Å². The Morgan fingerprint density at radius 2 is 1.80 bits per heavy atom. The van der Waals surface area contributed by atoms with Crippen LogP contribution in [0.3, 0.4) is 0 Å². The molecule has 0 aliphatic carbocycles. The lowest BCUT2D eigenvalue weighted by atomic mass is 9.95. The molecule has 0 saturated carbocycles. The van der Waals surface area contributed by atoms with Gasteiger partial charge in [-0.15, -0.1) is 0 Å². The summed E-state index contributed by atoms with van der Waals surface area (Å²) in [5.74, 6) is -0.0759. The van der Waals surface area contributed by atoms with Gasteiger partial charge in [0.2, 0.25) is 0 Å². The highest BCUT2D eigenvalue weighted by Gasteiger charge is 2.19. The van der Waals surface area contributed by atoms with Crippen LogP contribution in [-0.2, 0) is 0 Å². The number of benzene rings is 2. The SMILES string of the molecule is NC(C(=O)c1cccc2cnccc12)c1ccccc1. The molecule has 20 heavy (non-hydrogen) atoms. The quantitative estimate of drug-likeness (QED) is 0.738. The summed E-state index contributed by atoms with van der Waals surface area (Å²) >= 11 is 0. The Balaban J connectivity index is 2.05. The lowest BCUT2D eigenvalue weighted by Gasteiger charge is -2.12. The summed E-state index contributed by atoms with van der Waals surface area (Å²) in [7, 11) is 0. The molecule has 0 radical (unpaired) electrons. The third-order valence-electron chi connectivity index (χ3n) is 3.39. The molecule has 0 fully saturated rings. The van der Waals surface area contributed by atoms with E-state index >= 15 is 0 Å². The Morgan fingerprint density at radius 1 is 1.00 bits per heavy atom. The fourth-order valence-corrected chi connectivity index (χ4v) is 2.32. The highest BCUT2D eigenvalue weighted by molar-refractivity contribution is 6.10. The summed E-state index contributed by atoms with van der Waals surface area (Å²) in [5, 5.41) is 1.83. The maximum Gasteiger partial charge on any atom is 0.184 e. The monoisotopic (exact) mass is 262 g/mol. The Morgan fingerprint density at radius 3 is 2.60 bits per heavy atom. The van der Waals surface area contributed by atoms with E-state index in [1.54, 1.807) is 12.4 Å². The maximum atomic E-state index is 12.6. The number of nitrogens with zero attached hydrogens (tertiary/aromatic N) is 1. The molecule has 1 unspecified atom stereocenters. The molecule has 0 spiro atoms. The number of carbonyl (C=O) groups excluding carboxylic acids is 1. The van der Waals surface area contributed by atoms with Crippen LogP contribution in [0.2, 0.25) is 0 Å². The van der Waals surface area contributed by atoms with Crippen LogP contribution in [0.4, 0.5) is 0 Å². The van der Waals surface area contributed by atoms with Gasteiger partial charge < -0.3 is 5.73 Å². The van der Waals surface area contributed by atoms with Crippen molar-refractivity contribution in [2.75, 3.05) is 0 Å². The number of nitrogens with two attached hydrogens (primary N) is 1. The topological polar surface area (TPSA) is 56.0 Å². The van der Waals surface area contributed by atoms with Gasteiger partial charge >= 0.3 is 0 Å². The number of ketones is 1. The molecule has 98 valence electrons. The largest absolute Gasteiger partial charge is 0.318 e. The average molecular weight is 262 g/mol. The third kappa shape index (κ3) is 2.19. The standard InChI is InChI=1S/C17H14N2O/c18-16(12-5-2-1-3-6-12)17(20)15-8-4-7-13-11-19-10-9-14(13)15/h1-11,16H,18H2. The molecule has 3 nitrogen and oxygen atoms in total. The smallest absolute Gasteiger partial charge is 0.184 e. The molecule has 0 amide bonds. The molecule has 0 bridgehead atoms. The van der Waals surface area contributed by atoms with Crippen molar-refractivity contribution in [3.05, 3.63) is 78.1 Å². The van der Waals surface area contributed by atoms with E-state index in [9.17, 15) is 4.79 Å². The van der Waals surface area contributed by atoms with Crippen LogP contribution in [0.25, 0.3) is 10.8 Å². The van der Waals surface area contributed by atoms with Gasteiger partial charge in [0.25, 0.3) is 0 Å². The number of hydrogen-bond acceptors (Lipinski definition) is 3. The number of hydrogen-bond donors (Lipinski definition) is 1. The lowest BCUT2D eigenvalue weighted by Crippen LogP contribution is -2.21. The number of pyridine rings is 1. The van der Waals surface area contributed by atoms with Crippen LogP contribution >= 0.6 is 0 Å². The van der Waals surface area contributed by atoms with Gasteiger partial charge in [-0.3, -0.25) is 9.78 Å². The van der Waals surface area contributed by atoms with Crippen LogP contribution < -0.4 is 5.73 Å². The van der Waals surface area contributed by atoms with Gasteiger partial charge in [-0.25, -0.2) is 0 Å². The van der Waals surface area contributed by atoms with E-state index in [0.29, 0.717) is 5.56 Å². The summed E-state index contributed by atoms with van der Waals surface area (Å²) in [6, 6.07) is 16.2.